The number of nitro benzene ring substituents is 1. The van der Waals surface area contributed by atoms with Crippen LogP contribution >= 0.6 is 0 Å². The minimum Gasteiger partial charge on any atom is -0.391 e. The summed E-state index contributed by atoms with van der Waals surface area (Å²) in [6.45, 7) is 0.833. The fourth-order valence-electron chi connectivity index (χ4n) is 2.11. The summed E-state index contributed by atoms with van der Waals surface area (Å²) in [5.74, 6) is 0. The van der Waals surface area contributed by atoms with Crippen molar-refractivity contribution in [2.75, 3.05) is 24.2 Å². The summed E-state index contributed by atoms with van der Waals surface area (Å²) in [4.78, 5) is 12.1. The first kappa shape index (κ1) is 13.8. The number of hydrogen-bond acceptors (Lipinski definition) is 6. The van der Waals surface area contributed by atoms with Crippen LogP contribution in [0.2, 0.25) is 0 Å². The number of β-amino-alcohol motifs (C(OH)–C–C–N with tert-alkyl or cyclic N) is 1. The molecule has 8 heteroatoms. The van der Waals surface area contributed by atoms with E-state index < -0.39 is 20.9 Å². The van der Waals surface area contributed by atoms with Crippen molar-refractivity contribution in [3.05, 3.63) is 28.3 Å². The fraction of sp³-hybridized carbons (Fsp3) is 0.455. The summed E-state index contributed by atoms with van der Waals surface area (Å²) in [6.07, 6.45) is 1.05. The van der Waals surface area contributed by atoms with Crippen LogP contribution < -0.4 is 4.90 Å². The monoisotopic (exact) mass is 286 g/mol. The number of benzene rings is 1. The molecule has 1 aromatic carbocycles. The van der Waals surface area contributed by atoms with Crippen LogP contribution in [-0.2, 0) is 9.84 Å². The average Bonchev–Trinajstić information content (AvgIpc) is 2.73. The molecule has 1 unspecified atom stereocenters. The van der Waals surface area contributed by atoms with Gasteiger partial charge in [0.15, 0.2) is 9.84 Å². The number of nitro groups is 1. The van der Waals surface area contributed by atoms with Gasteiger partial charge in [-0.3, -0.25) is 10.1 Å². The van der Waals surface area contributed by atoms with Gasteiger partial charge >= 0.3 is 0 Å². The number of nitrogens with zero attached hydrogens (tertiary/aromatic N) is 2. The first-order valence-corrected chi connectivity index (χ1v) is 7.59. The number of aliphatic hydroxyl groups excluding tert-OH is 1. The molecule has 0 amide bonds. The van der Waals surface area contributed by atoms with Crippen LogP contribution in [0.3, 0.4) is 0 Å². The highest BCUT2D eigenvalue weighted by molar-refractivity contribution is 7.90. The minimum atomic E-state index is -3.48. The summed E-state index contributed by atoms with van der Waals surface area (Å²) in [7, 11) is -3.48. The van der Waals surface area contributed by atoms with E-state index in [-0.39, 0.29) is 10.6 Å². The molecule has 0 saturated carbocycles. The number of hydrogen-bond donors (Lipinski definition) is 1. The Kier molecular flexibility index (Phi) is 3.46. The van der Waals surface area contributed by atoms with Gasteiger partial charge in [0.25, 0.3) is 5.69 Å². The third kappa shape index (κ3) is 2.85. The molecule has 0 spiro atoms. The third-order valence-corrected chi connectivity index (χ3v) is 4.19. The van der Waals surface area contributed by atoms with Crippen LogP contribution in [0.5, 0.6) is 0 Å². The largest absolute Gasteiger partial charge is 0.391 e. The summed E-state index contributed by atoms with van der Waals surface area (Å²) in [5.41, 5.74) is 0.0889. The van der Waals surface area contributed by atoms with Crippen LogP contribution in [0.4, 0.5) is 11.4 Å². The summed E-state index contributed by atoms with van der Waals surface area (Å²) < 4.78 is 22.8. The van der Waals surface area contributed by atoms with E-state index >= 15 is 0 Å². The molecule has 7 nitrogen and oxygen atoms in total. The van der Waals surface area contributed by atoms with Gasteiger partial charge in [-0.1, -0.05) is 0 Å². The third-order valence-electron chi connectivity index (χ3n) is 3.08. The van der Waals surface area contributed by atoms with Crippen molar-refractivity contribution in [2.24, 2.45) is 0 Å². The lowest BCUT2D eigenvalue weighted by Gasteiger charge is -2.17. The lowest BCUT2D eigenvalue weighted by Crippen LogP contribution is -2.22. The predicted molar refractivity (Wildman–Crippen MR) is 69.0 cm³/mol. The maximum absolute atomic E-state index is 11.4. The van der Waals surface area contributed by atoms with Crippen molar-refractivity contribution in [2.45, 2.75) is 17.4 Å². The predicted octanol–water partition coefficient (Wildman–Crippen LogP) is 0.569. The van der Waals surface area contributed by atoms with Crippen LogP contribution in [0.15, 0.2) is 23.1 Å². The molecule has 1 heterocycles. The van der Waals surface area contributed by atoms with Crippen LogP contribution in [0.1, 0.15) is 6.42 Å². The van der Waals surface area contributed by atoms with Crippen molar-refractivity contribution in [3.8, 4) is 0 Å². The number of anilines is 1. The Morgan fingerprint density at radius 3 is 2.63 bits per heavy atom. The van der Waals surface area contributed by atoms with Crippen molar-refractivity contribution in [3.63, 3.8) is 0 Å². The molecule has 1 atom stereocenters. The zero-order valence-electron chi connectivity index (χ0n) is 10.3. The maximum Gasteiger partial charge on any atom is 0.293 e. The molecule has 104 valence electrons. The lowest BCUT2D eigenvalue weighted by molar-refractivity contribution is -0.384. The Hall–Kier alpha value is -1.67. The molecule has 1 aliphatic rings. The quantitative estimate of drug-likeness (QED) is 0.644. The smallest absolute Gasteiger partial charge is 0.293 e. The molecule has 1 saturated heterocycles. The summed E-state index contributed by atoms with van der Waals surface area (Å²) in [5, 5.41) is 20.5. The van der Waals surface area contributed by atoms with Crippen molar-refractivity contribution in [1.29, 1.82) is 0 Å². The van der Waals surface area contributed by atoms with E-state index in [0.717, 1.165) is 12.3 Å². The van der Waals surface area contributed by atoms with Crippen molar-refractivity contribution < 1.29 is 18.4 Å². The van der Waals surface area contributed by atoms with Crippen LogP contribution in [0, 0.1) is 10.1 Å². The van der Waals surface area contributed by atoms with Gasteiger partial charge in [-0.2, -0.15) is 0 Å². The number of rotatable bonds is 3. The number of aliphatic hydroxyl groups is 1. The highest BCUT2D eigenvalue weighted by Gasteiger charge is 2.27. The van der Waals surface area contributed by atoms with Gasteiger partial charge < -0.3 is 10.0 Å². The Morgan fingerprint density at radius 2 is 2.16 bits per heavy atom. The zero-order valence-corrected chi connectivity index (χ0v) is 11.1. The molecule has 19 heavy (non-hydrogen) atoms. The zero-order chi connectivity index (χ0) is 14.2. The molecule has 0 aliphatic carbocycles. The van der Waals surface area contributed by atoms with Gasteiger partial charge in [0.05, 0.1) is 15.9 Å². The summed E-state index contributed by atoms with van der Waals surface area (Å²) in [6, 6.07) is 3.84. The van der Waals surface area contributed by atoms with E-state index in [2.05, 4.69) is 0 Å². The highest BCUT2D eigenvalue weighted by atomic mass is 32.2. The fourth-order valence-corrected chi connectivity index (χ4v) is 2.75. The second kappa shape index (κ2) is 4.78. The Labute approximate surface area is 110 Å². The van der Waals surface area contributed by atoms with Crippen molar-refractivity contribution >= 4 is 21.2 Å². The Bertz CT molecular complexity index is 614. The average molecular weight is 286 g/mol. The van der Waals surface area contributed by atoms with E-state index in [1.54, 1.807) is 4.90 Å². The first-order valence-electron chi connectivity index (χ1n) is 5.70. The van der Waals surface area contributed by atoms with Gasteiger partial charge in [-0.15, -0.1) is 0 Å². The van der Waals surface area contributed by atoms with Crippen LogP contribution in [0.25, 0.3) is 0 Å². The molecular weight excluding hydrogens is 272 g/mol. The van der Waals surface area contributed by atoms with Gasteiger partial charge in [-0.05, 0) is 18.6 Å². The first-order chi connectivity index (χ1) is 8.79. The molecule has 0 radical (unpaired) electrons. The van der Waals surface area contributed by atoms with E-state index in [4.69, 9.17) is 0 Å². The van der Waals surface area contributed by atoms with E-state index in [9.17, 15) is 23.6 Å². The van der Waals surface area contributed by atoms with Gasteiger partial charge in [0.2, 0.25) is 0 Å². The molecule has 1 aliphatic heterocycles. The normalized spacial score (nSPS) is 19.7. The van der Waals surface area contributed by atoms with Gasteiger partial charge in [0, 0.05) is 25.4 Å². The summed E-state index contributed by atoms with van der Waals surface area (Å²) >= 11 is 0. The molecule has 0 bridgehead atoms. The SMILES string of the molecule is CS(=O)(=O)c1ccc(N2CCC(O)C2)c([N+](=O)[O-])c1. The van der Waals surface area contributed by atoms with Crippen molar-refractivity contribution in [1.82, 2.24) is 0 Å². The lowest BCUT2D eigenvalue weighted by atomic mass is 10.2. The highest BCUT2D eigenvalue weighted by Crippen LogP contribution is 2.32. The minimum absolute atomic E-state index is 0.0808. The maximum atomic E-state index is 11.4. The second-order valence-electron chi connectivity index (χ2n) is 4.57. The second-order valence-corrected chi connectivity index (χ2v) is 6.58. The topological polar surface area (TPSA) is 101 Å². The van der Waals surface area contributed by atoms with Gasteiger partial charge in [0.1, 0.15) is 5.69 Å². The standard InChI is InChI=1S/C11H14N2O5S/c1-19(17,18)9-2-3-10(11(6-9)13(15)16)12-5-4-8(14)7-12/h2-3,6,8,14H,4-5,7H2,1H3. The van der Waals surface area contributed by atoms with E-state index in [1.165, 1.54) is 12.1 Å². The number of sulfone groups is 1. The molecule has 0 aromatic heterocycles. The van der Waals surface area contributed by atoms with Crippen LogP contribution in [-0.4, -0.2) is 43.9 Å². The van der Waals surface area contributed by atoms with E-state index in [0.29, 0.717) is 25.2 Å². The molecule has 1 aromatic rings. The Morgan fingerprint density at radius 1 is 1.47 bits per heavy atom. The van der Waals surface area contributed by atoms with Gasteiger partial charge in [-0.25, -0.2) is 8.42 Å². The Balaban J connectivity index is 2.47. The molecule has 1 N–H and O–H groups in total. The van der Waals surface area contributed by atoms with E-state index in [1.807, 2.05) is 0 Å². The molecule has 1 fully saturated rings. The molecule has 2 rings (SSSR count). The molecular formula is C11H14N2O5S.